The van der Waals surface area contributed by atoms with Gasteiger partial charge in [-0.1, -0.05) is 6.92 Å². The Morgan fingerprint density at radius 1 is 1.61 bits per heavy atom. The molecule has 1 unspecified atom stereocenters. The monoisotopic (exact) mass is 254 g/mol. The maximum atomic E-state index is 12.1. The fraction of sp³-hybridized carbons (Fsp3) is 0.667. The molecule has 1 rings (SSSR count). The molecule has 1 aromatic heterocycles. The van der Waals surface area contributed by atoms with Gasteiger partial charge in [-0.25, -0.2) is 0 Å². The third-order valence-corrected chi connectivity index (χ3v) is 2.71. The molecule has 3 N–H and O–H groups in total. The van der Waals surface area contributed by atoms with Crippen molar-refractivity contribution in [3.05, 3.63) is 17.5 Å². The molecular formula is C12H22N4O2. The predicted molar refractivity (Wildman–Crippen MR) is 69.5 cm³/mol. The van der Waals surface area contributed by atoms with Gasteiger partial charge >= 0.3 is 0 Å². The van der Waals surface area contributed by atoms with Crippen molar-refractivity contribution in [3.8, 4) is 0 Å². The fourth-order valence-corrected chi connectivity index (χ4v) is 1.70. The summed E-state index contributed by atoms with van der Waals surface area (Å²) in [4.78, 5) is 12.1. The van der Waals surface area contributed by atoms with Gasteiger partial charge in [-0.05, 0) is 19.4 Å². The number of hydrogen-bond acceptors (Lipinski definition) is 4. The Balaban J connectivity index is 2.79. The highest BCUT2D eigenvalue weighted by atomic mass is 16.5. The van der Waals surface area contributed by atoms with Crippen molar-refractivity contribution < 1.29 is 9.53 Å². The van der Waals surface area contributed by atoms with Crippen LogP contribution < -0.4 is 11.1 Å². The molecule has 0 saturated heterocycles. The molecule has 6 heteroatoms. The zero-order chi connectivity index (χ0) is 13.5. The van der Waals surface area contributed by atoms with Crippen molar-refractivity contribution in [2.75, 3.05) is 20.3 Å². The number of carbonyl (C=O) groups is 1. The summed E-state index contributed by atoms with van der Waals surface area (Å²) < 4.78 is 6.70. The van der Waals surface area contributed by atoms with E-state index in [0.717, 1.165) is 12.1 Å². The Hall–Kier alpha value is -1.40. The molecule has 0 aromatic carbocycles. The quantitative estimate of drug-likeness (QED) is 0.726. The van der Waals surface area contributed by atoms with Crippen molar-refractivity contribution in [2.24, 2.45) is 5.73 Å². The average Bonchev–Trinajstić information content (AvgIpc) is 2.81. The van der Waals surface area contributed by atoms with Crippen LogP contribution in [0.25, 0.3) is 0 Å². The van der Waals surface area contributed by atoms with Crippen LogP contribution in [-0.2, 0) is 17.7 Å². The van der Waals surface area contributed by atoms with Crippen LogP contribution in [0.1, 0.15) is 30.0 Å². The van der Waals surface area contributed by atoms with E-state index >= 15 is 0 Å². The fourth-order valence-electron chi connectivity index (χ4n) is 1.70. The molecule has 0 fully saturated rings. The van der Waals surface area contributed by atoms with Crippen LogP contribution >= 0.6 is 0 Å². The Kier molecular flexibility index (Phi) is 5.80. The van der Waals surface area contributed by atoms with E-state index < -0.39 is 0 Å². The molecule has 0 spiro atoms. The first kappa shape index (κ1) is 14.7. The van der Waals surface area contributed by atoms with Gasteiger partial charge in [-0.15, -0.1) is 0 Å². The highest BCUT2D eigenvalue weighted by molar-refractivity contribution is 5.92. The van der Waals surface area contributed by atoms with Gasteiger partial charge in [0, 0.05) is 20.2 Å². The smallest absolute Gasteiger partial charge is 0.269 e. The van der Waals surface area contributed by atoms with Gasteiger partial charge in [-0.2, -0.15) is 5.10 Å². The van der Waals surface area contributed by atoms with Crippen molar-refractivity contribution >= 4 is 5.91 Å². The maximum Gasteiger partial charge on any atom is 0.269 e. The Morgan fingerprint density at radius 3 is 2.83 bits per heavy atom. The number of aromatic nitrogens is 2. The molecule has 0 saturated carbocycles. The van der Waals surface area contributed by atoms with Crippen LogP contribution in [-0.4, -0.2) is 42.0 Å². The zero-order valence-corrected chi connectivity index (χ0v) is 11.3. The first-order valence-electron chi connectivity index (χ1n) is 6.22. The number of methoxy groups -OCH3 is 1. The highest BCUT2D eigenvalue weighted by Crippen LogP contribution is 2.06. The lowest BCUT2D eigenvalue weighted by Gasteiger charge is -2.15. The lowest BCUT2D eigenvalue weighted by molar-refractivity contribution is 0.0890. The SMILES string of the molecule is CCc1cc(C(=O)NC(CN)COC)n(CC)n1. The number of nitrogens with zero attached hydrogens (tertiary/aromatic N) is 2. The minimum absolute atomic E-state index is 0.156. The summed E-state index contributed by atoms with van der Waals surface area (Å²) in [6, 6.07) is 1.65. The van der Waals surface area contributed by atoms with Crippen LogP contribution in [0, 0.1) is 0 Å². The average molecular weight is 254 g/mol. The lowest BCUT2D eigenvalue weighted by atomic mass is 10.2. The summed E-state index contributed by atoms with van der Waals surface area (Å²) in [7, 11) is 1.58. The Morgan fingerprint density at radius 2 is 2.33 bits per heavy atom. The summed E-state index contributed by atoms with van der Waals surface area (Å²) in [5, 5.41) is 7.19. The molecule has 0 aliphatic rings. The van der Waals surface area contributed by atoms with Gasteiger partial charge in [0.15, 0.2) is 0 Å². The molecule has 1 atom stereocenters. The summed E-state index contributed by atoms with van der Waals surface area (Å²) in [6.07, 6.45) is 0.811. The Labute approximate surface area is 107 Å². The van der Waals surface area contributed by atoms with E-state index in [-0.39, 0.29) is 11.9 Å². The molecule has 0 aliphatic carbocycles. The second-order valence-corrected chi connectivity index (χ2v) is 4.05. The number of aryl methyl sites for hydroxylation is 2. The van der Waals surface area contributed by atoms with Crippen LogP contribution in [0.2, 0.25) is 0 Å². The van der Waals surface area contributed by atoms with Gasteiger partial charge < -0.3 is 15.8 Å². The van der Waals surface area contributed by atoms with Gasteiger partial charge in [-0.3, -0.25) is 9.48 Å². The van der Waals surface area contributed by atoms with E-state index in [1.54, 1.807) is 11.8 Å². The molecule has 6 nitrogen and oxygen atoms in total. The van der Waals surface area contributed by atoms with Crippen molar-refractivity contribution in [1.82, 2.24) is 15.1 Å². The topological polar surface area (TPSA) is 82.2 Å². The molecular weight excluding hydrogens is 232 g/mol. The first-order chi connectivity index (χ1) is 8.65. The first-order valence-corrected chi connectivity index (χ1v) is 6.22. The minimum atomic E-state index is -0.173. The lowest BCUT2D eigenvalue weighted by Crippen LogP contribution is -2.43. The van der Waals surface area contributed by atoms with Gasteiger partial charge in [0.05, 0.1) is 18.3 Å². The van der Waals surface area contributed by atoms with Crippen LogP contribution in [0.3, 0.4) is 0 Å². The van der Waals surface area contributed by atoms with Crippen LogP contribution in [0.4, 0.5) is 0 Å². The third kappa shape index (κ3) is 3.54. The predicted octanol–water partition coefficient (Wildman–Crippen LogP) is 0.169. The summed E-state index contributed by atoms with van der Waals surface area (Å²) >= 11 is 0. The minimum Gasteiger partial charge on any atom is -0.383 e. The van der Waals surface area contributed by atoms with E-state index in [2.05, 4.69) is 10.4 Å². The molecule has 1 aromatic rings. The van der Waals surface area contributed by atoms with E-state index in [1.165, 1.54) is 0 Å². The van der Waals surface area contributed by atoms with Crippen LogP contribution in [0.5, 0.6) is 0 Å². The van der Waals surface area contributed by atoms with Gasteiger partial charge in [0.2, 0.25) is 0 Å². The molecule has 0 bridgehead atoms. The van der Waals surface area contributed by atoms with E-state index in [0.29, 0.717) is 25.4 Å². The summed E-state index contributed by atoms with van der Waals surface area (Å²) in [5.74, 6) is -0.156. The van der Waals surface area contributed by atoms with Crippen molar-refractivity contribution in [1.29, 1.82) is 0 Å². The molecule has 1 heterocycles. The summed E-state index contributed by atoms with van der Waals surface area (Å²) in [5.41, 5.74) is 7.06. The zero-order valence-electron chi connectivity index (χ0n) is 11.3. The number of ether oxygens (including phenoxy) is 1. The maximum absolute atomic E-state index is 12.1. The largest absolute Gasteiger partial charge is 0.383 e. The van der Waals surface area contributed by atoms with Gasteiger partial charge in [0.25, 0.3) is 5.91 Å². The third-order valence-electron chi connectivity index (χ3n) is 2.71. The number of nitrogens with two attached hydrogens (primary N) is 1. The van der Waals surface area contributed by atoms with Gasteiger partial charge in [0.1, 0.15) is 5.69 Å². The van der Waals surface area contributed by atoms with Crippen LogP contribution in [0.15, 0.2) is 6.07 Å². The highest BCUT2D eigenvalue weighted by Gasteiger charge is 2.17. The number of nitrogens with one attached hydrogen (secondary N) is 1. The number of rotatable bonds is 7. The molecule has 1 amide bonds. The van der Waals surface area contributed by atoms with Crippen molar-refractivity contribution in [3.63, 3.8) is 0 Å². The number of hydrogen-bond donors (Lipinski definition) is 2. The second kappa shape index (κ2) is 7.13. The summed E-state index contributed by atoms with van der Waals surface area (Å²) in [6.45, 7) is 5.39. The normalized spacial score (nSPS) is 12.4. The number of amides is 1. The number of carbonyl (C=O) groups excluding carboxylic acids is 1. The van der Waals surface area contributed by atoms with E-state index in [1.807, 2.05) is 19.9 Å². The van der Waals surface area contributed by atoms with Crippen molar-refractivity contribution in [2.45, 2.75) is 32.9 Å². The standard InChI is InChI=1S/C12H22N4O2/c1-4-9-6-11(16(5-2)15-9)12(17)14-10(7-13)8-18-3/h6,10H,4-5,7-8,13H2,1-3H3,(H,14,17). The molecule has 0 radical (unpaired) electrons. The molecule has 102 valence electrons. The van der Waals surface area contributed by atoms with E-state index in [4.69, 9.17) is 10.5 Å². The second-order valence-electron chi connectivity index (χ2n) is 4.05. The molecule has 0 aliphatic heterocycles. The van der Waals surface area contributed by atoms with E-state index in [9.17, 15) is 4.79 Å². The molecule has 18 heavy (non-hydrogen) atoms. The Bertz CT molecular complexity index is 389.